The third-order valence-electron chi connectivity index (χ3n) is 3.67. The second-order valence-corrected chi connectivity index (χ2v) is 4.80. The van der Waals surface area contributed by atoms with E-state index < -0.39 is 35.6 Å². The van der Waals surface area contributed by atoms with Gasteiger partial charge in [0.1, 0.15) is 11.6 Å². The van der Waals surface area contributed by atoms with Crippen molar-refractivity contribution in [2.75, 3.05) is 0 Å². The summed E-state index contributed by atoms with van der Waals surface area (Å²) in [6.45, 7) is 2.52. The molecule has 2 N–H and O–H groups in total. The Kier molecular flexibility index (Phi) is 4.21. The lowest BCUT2D eigenvalue weighted by Gasteiger charge is -2.35. The van der Waals surface area contributed by atoms with E-state index in [9.17, 15) is 19.2 Å². The van der Waals surface area contributed by atoms with E-state index in [1.54, 1.807) is 0 Å². The molecule has 0 saturated heterocycles. The zero-order valence-corrected chi connectivity index (χ0v) is 10.3. The first-order valence-corrected chi connectivity index (χ1v) is 5.72. The number of aliphatic carboxylic acids is 2. The molecule has 4 unspecified atom stereocenters. The summed E-state index contributed by atoms with van der Waals surface area (Å²) in [5, 5.41) is 18.1. The van der Waals surface area contributed by atoms with Gasteiger partial charge in [0, 0.05) is 11.8 Å². The number of ketones is 2. The largest absolute Gasteiger partial charge is 0.481 e. The van der Waals surface area contributed by atoms with Crippen LogP contribution >= 0.6 is 0 Å². The molecule has 0 heterocycles. The SMILES string of the molecule is CC(=O)C1CC(C(=O)O)C(C(C)=O)CC1C(=O)O. The molecule has 1 aliphatic rings. The highest BCUT2D eigenvalue weighted by Crippen LogP contribution is 2.39. The smallest absolute Gasteiger partial charge is 0.307 e. The molecule has 1 aliphatic carbocycles. The summed E-state index contributed by atoms with van der Waals surface area (Å²) in [4.78, 5) is 45.0. The molecule has 0 radical (unpaired) electrons. The van der Waals surface area contributed by atoms with E-state index in [1.807, 2.05) is 0 Å². The highest BCUT2D eigenvalue weighted by Gasteiger charge is 2.46. The summed E-state index contributed by atoms with van der Waals surface area (Å²) in [5.74, 6) is -6.54. The number of carboxylic acids is 2. The number of carbonyl (C=O) groups excluding carboxylic acids is 2. The zero-order valence-electron chi connectivity index (χ0n) is 10.3. The Bertz CT molecular complexity index is 325. The molecule has 0 bridgehead atoms. The third kappa shape index (κ3) is 2.75. The van der Waals surface area contributed by atoms with E-state index >= 15 is 0 Å². The topological polar surface area (TPSA) is 109 Å². The maximum absolute atomic E-state index is 11.4. The average molecular weight is 256 g/mol. The van der Waals surface area contributed by atoms with Crippen molar-refractivity contribution in [3.63, 3.8) is 0 Å². The van der Waals surface area contributed by atoms with Crippen molar-refractivity contribution in [1.29, 1.82) is 0 Å². The van der Waals surface area contributed by atoms with Crippen molar-refractivity contribution < 1.29 is 29.4 Å². The van der Waals surface area contributed by atoms with Crippen molar-refractivity contribution in [2.45, 2.75) is 26.7 Å². The first-order valence-electron chi connectivity index (χ1n) is 5.72. The van der Waals surface area contributed by atoms with Crippen molar-refractivity contribution in [2.24, 2.45) is 23.7 Å². The molecular weight excluding hydrogens is 240 g/mol. The van der Waals surface area contributed by atoms with Gasteiger partial charge >= 0.3 is 11.9 Å². The van der Waals surface area contributed by atoms with Crippen LogP contribution in [-0.2, 0) is 19.2 Å². The summed E-state index contributed by atoms with van der Waals surface area (Å²) in [6, 6.07) is 0. The van der Waals surface area contributed by atoms with Gasteiger partial charge < -0.3 is 10.2 Å². The van der Waals surface area contributed by atoms with Crippen LogP contribution in [0.1, 0.15) is 26.7 Å². The zero-order chi connectivity index (χ0) is 14.0. The number of carboxylic acid groups (broad SMARTS) is 2. The fourth-order valence-electron chi connectivity index (χ4n) is 2.65. The van der Waals surface area contributed by atoms with Gasteiger partial charge in [-0.15, -0.1) is 0 Å². The van der Waals surface area contributed by atoms with E-state index in [2.05, 4.69) is 0 Å². The highest BCUT2D eigenvalue weighted by atomic mass is 16.4. The van der Waals surface area contributed by atoms with Crippen LogP contribution < -0.4 is 0 Å². The molecule has 6 heteroatoms. The summed E-state index contributed by atoms with van der Waals surface area (Å²) in [6.07, 6.45) is -0.155. The monoisotopic (exact) mass is 256 g/mol. The molecule has 4 atom stereocenters. The molecule has 1 fully saturated rings. The quantitative estimate of drug-likeness (QED) is 0.762. The van der Waals surface area contributed by atoms with E-state index in [1.165, 1.54) is 13.8 Å². The van der Waals surface area contributed by atoms with Gasteiger partial charge in [0.2, 0.25) is 0 Å². The predicted molar refractivity (Wildman–Crippen MR) is 59.8 cm³/mol. The first-order chi connectivity index (χ1) is 8.25. The van der Waals surface area contributed by atoms with Crippen LogP contribution in [-0.4, -0.2) is 33.7 Å². The molecule has 1 rings (SSSR count). The predicted octanol–water partition coefficient (Wildman–Crippen LogP) is 0.592. The molecule has 100 valence electrons. The Morgan fingerprint density at radius 3 is 1.17 bits per heavy atom. The fraction of sp³-hybridized carbons (Fsp3) is 0.667. The van der Waals surface area contributed by atoms with Gasteiger partial charge in [-0.05, 0) is 26.7 Å². The summed E-state index contributed by atoms with van der Waals surface area (Å²) in [5.41, 5.74) is 0. The van der Waals surface area contributed by atoms with Crippen molar-refractivity contribution in [3.8, 4) is 0 Å². The van der Waals surface area contributed by atoms with Crippen molar-refractivity contribution in [1.82, 2.24) is 0 Å². The van der Waals surface area contributed by atoms with E-state index in [4.69, 9.17) is 10.2 Å². The second-order valence-electron chi connectivity index (χ2n) is 4.80. The standard InChI is InChI=1S/C12H16O6/c1-5(13)7-3-10(12(17)18)8(6(2)14)4-9(7)11(15)16/h7-10H,3-4H2,1-2H3,(H,15,16)(H,17,18). The summed E-state index contributed by atoms with van der Waals surface area (Å²) < 4.78 is 0. The highest BCUT2D eigenvalue weighted by molar-refractivity contribution is 5.89. The summed E-state index contributed by atoms with van der Waals surface area (Å²) in [7, 11) is 0. The minimum atomic E-state index is -1.15. The lowest BCUT2D eigenvalue weighted by Crippen LogP contribution is -2.44. The van der Waals surface area contributed by atoms with Gasteiger partial charge in [0.15, 0.2) is 0 Å². The number of carbonyl (C=O) groups is 4. The van der Waals surface area contributed by atoms with Crippen LogP contribution in [0.4, 0.5) is 0 Å². The molecule has 0 aliphatic heterocycles. The number of rotatable bonds is 4. The van der Waals surface area contributed by atoms with Crippen LogP contribution in [0.3, 0.4) is 0 Å². The molecule has 0 aromatic heterocycles. The van der Waals surface area contributed by atoms with Crippen LogP contribution in [0.15, 0.2) is 0 Å². The molecular formula is C12H16O6. The lowest BCUT2D eigenvalue weighted by molar-refractivity contribution is -0.158. The van der Waals surface area contributed by atoms with Crippen LogP contribution in [0.5, 0.6) is 0 Å². The minimum absolute atomic E-state index is 0.0775. The number of Topliss-reactive ketones (excluding diaryl/α,β-unsaturated/α-hetero) is 2. The molecule has 0 amide bonds. The van der Waals surface area contributed by atoms with Gasteiger partial charge in [0.05, 0.1) is 11.8 Å². The molecule has 1 saturated carbocycles. The molecule has 6 nitrogen and oxygen atoms in total. The van der Waals surface area contributed by atoms with Crippen LogP contribution in [0.25, 0.3) is 0 Å². The number of hydrogen-bond acceptors (Lipinski definition) is 4. The van der Waals surface area contributed by atoms with Gasteiger partial charge in [-0.25, -0.2) is 0 Å². The Morgan fingerprint density at radius 1 is 0.722 bits per heavy atom. The summed E-state index contributed by atoms with van der Waals surface area (Å²) >= 11 is 0. The number of hydrogen-bond donors (Lipinski definition) is 2. The van der Waals surface area contributed by atoms with Gasteiger partial charge in [0.25, 0.3) is 0 Å². The maximum atomic E-state index is 11.4. The Morgan fingerprint density at radius 2 is 1.00 bits per heavy atom. The van der Waals surface area contributed by atoms with Gasteiger partial charge in [-0.1, -0.05) is 0 Å². The molecule has 18 heavy (non-hydrogen) atoms. The van der Waals surface area contributed by atoms with Crippen molar-refractivity contribution in [3.05, 3.63) is 0 Å². The van der Waals surface area contributed by atoms with E-state index in [0.29, 0.717) is 0 Å². The Labute approximate surface area is 104 Å². The fourth-order valence-corrected chi connectivity index (χ4v) is 2.65. The Hall–Kier alpha value is -1.72. The van der Waals surface area contributed by atoms with E-state index in [0.717, 1.165) is 0 Å². The first kappa shape index (κ1) is 14.3. The van der Waals surface area contributed by atoms with Gasteiger partial charge in [-0.3, -0.25) is 19.2 Å². The molecule has 0 aromatic rings. The third-order valence-corrected chi connectivity index (χ3v) is 3.67. The maximum Gasteiger partial charge on any atom is 0.307 e. The van der Waals surface area contributed by atoms with Gasteiger partial charge in [-0.2, -0.15) is 0 Å². The lowest BCUT2D eigenvalue weighted by atomic mass is 9.66. The Balaban J connectivity index is 3.06. The van der Waals surface area contributed by atoms with Crippen LogP contribution in [0.2, 0.25) is 0 Å². The molecule has 0 aromatic carbocycles. The minimum Gasteiger partial charge on any atom is -0.481 e. The van der Waals surface area contributed by atoms with E-state index in [-0.39, 0.29) is 24.4 Å². The van der Waals surface area contributed by atoms with Crippen LogP contribution in [0, 0.1) is 23.7 Å². The molecule has 0 spiro atoms. The second kappa shape index (κ2) is 5.29. The normalized spacial score (nSPS) is 31.7. The average Bonchev–Trinajstić information content (AvgIpc) is 2.26. The van der Waals surface area contributed by atoms with Crippen molar-refractivity contribution >= 4 is 23.5 Å².